The summed E-state index contributed by atoms with van der Waals surface area (Å²) in [4.78, 5) is 49.7. The van der Waals surface area contributed by atoms with Gasteiger partial charge in [-0.05, 0) is 17.7 Å². The number of fused-ring (bicyclic) bond motifs is 1. The molecule has 2 amide bonds. The normalized spacial score (nSPS) is 21.6. The van der Waals surface area contributed by atoms with Gasteiger partial charge in [-0.2, -0.15) is 0 Å². The Morgan fingerprint density at radius 3 is 2.34 bits per heavy atom. The van der Waals surface area contributed by atoms with Crippen LogP contribution in [0, 0.1) is 0 Å². The number of ether oxygens (including phenoxy) is 1. The number of hydrogen-bond donors (Lipinski definition) is 5. The summed E-state index contributed by atoms with van der Waals surface area (Å²) in [5, 5.41) is 36.2. The van der Waals surface area contributed by atoms with Crippen molar-refractivity contribution in [3.05, 3.63) is 84.4 Å². The van der Waals surface area contributed by atoms with E-state index in [1.165, 1.54) is 29.4 Å². The summed E-state index contributed by atoms with van der Waals surface area (Å²) in [5.41, 5.74) is 1.01. The molecule has 2 aromatic carbocycles. The van der Waals surface area contributed by atoms with E-state index in [-0.39, 0.29) is 17.0 Å². The Labute approximate surface area is 214 Å². The lowest BCUT2D eigenvalue weighted by Crippen LogP contribution is -2.51. The Hall–Kier alpha value is -4.72. The average molecular weight is 518 g/mol. The summed E-state index contributed by atoms with van der Waals surface area (Å²) < 4.78 is 6.89. The number of nitrogens with zero attached hydrogens (tertiary/aromatic N) is 4. The van der Waals surface area contributed by atoms with E-state index in [1.807, 2.05) is 0 Å². The lowest BCUT2D eigenvalue weighted by atomic mass is 10.0. The summed E-state index contributed by atoms with van der Waals surface area (Å²) in [6.45, 7) is 0. The molecule has 13 heteroatoms. The summed E-state index contributed by atoms with van der Waals surface area (Å²) in [5.74, 6) is -2.66. The Kier molecular flexibility index (Phi) is 6.79. The third-order valence-corrected chi connectivity index (χ3v) is 6.09. The molecule has 0 spiro atoms. The van der Waals surface area contributed by atoms with E-state index in [0.29, 0.717) is 11.1 Å². The standard InChI is InChI=1S/C25H22N6O7/c32-17(13-7-3-1-4-8-13)23(35)29-15-18(33)24(38-19(15)25(36)37)31-12-28-16-20(26-11-27-21(16)31)30-22(34)14-9-5-2-6-10-14/h1-12,15,17-19,24,32-33H,(H,29,35)(H,36,37)(H,26,27,30,34)/t15-,17?,18+,19-,24+/m0/s1. The molecule has 0 aliphatic carbocycles. The van der Waals surface area contributed by atoms with Gasteiger partial charge >= 0.3 is 5.97 Å². The van der Waals surface area contributed by atoms with Crippen LogP contribution in [0.15, 0.2) is 73.3 Å². The molecule has 5 N–H and O–H groups in total. The van der Waals surface area contributed by atoms with Gasteiger partial charge in [0.05, 0.1) is 12.4 Å². The Balaban J connectivity index is 1.39. The predicted molar refractivity (Wildman–Crippen MR) is 131 cm³/mol. The molecular weight excluding hydrogens is 496 g/mol. The summed E-state index contributed by atoms with van der Waals surface area (Å²) in [6.07, 6.45) is -3.67. The third kappa shape index (κ3) is 4.68. The second-order valence-corrected chi connectivity index (χ2v) is 8.49. The fourth-order valence-corrected chi connectivity index (χ4v) is 4.20. The molecule has 38 heavy (non-hydrogen) atoms. The monoisotopic (exact) mass is 518 g/mol. The first kappa shape index (κ1) is 25.0. The molecule has 1 saturated heterocycles. The molecule has 0 bridgehead atoms. The number of aromatic nitrogens is 4. The van der Waals surface area contributed by atoms with Crippen molar-refractivity contribution in [1.29, 1.82) is 0 Å². The van der Waals surface area contributed by atoms with E-state index < -0.39 is 48.4 Å². The van der Waals surface area contributed by atoms with Crippen LogP contribution in [0.3, 0.4) is 0 Å². The van der Waals surface area contributed by atoms with E-state index in [4.69, 9.17) is 4.74 Å². The van der Waals surface area contributed by atoms with Gasteiger partial charge in [0.1, 0.15) is 12.4 Å². The topological polar surface area (TPSA) is 189 Å². The fourth-order valence-electron chi connectivity index (χ4n) is 4.20. The van der Waals surface area contributed by atoms with E-state index in [1.54, 1.807) is 48.5 Å². The molecule has 4 aromatic rings. The quantitative estimate of drug-likeness (QED) is 0.232. The maximum atomic E-state index is 12.7. The minimum absolute atomic E-state index is 0.0979. The number of aliphatic carboxylic acids is 1. The van der Waals surface area contributed by atoms with Gasteiger partial charge in [0.2, 0.25) is 0 Å². The molecule has 1 unspecified atom stereocenters. The van der Waals surface area contributed by atoms with Gasteiger partial charge in [0.15, 0.2) is 35.4 Å². The van der Waals surface area contributed by atoms with Crippen molar-refractivity contribution in [3.8, 4) is 0 Å². The van der Waals surface area contributed by atoms with Crippen LogP contribution in [0.4, 0.5) is 5.82 Å². The minimum atomic E-state index is -1.64. The van der Waals surface area contributed by atoms with Crippen LogP contribution < -0.4 is 10.6 Å². The molecule has 1 aliphatic heterocycles. The van der Waals surface area contributed by atoms with Gasteiger partial charge in [0.25, 0.3) is 11.8 Å². The van der Waals surface area contributed by atoms with Crippen LogP contribution in [0.25, 0.3) is 11.2 Å². The molecule has 5 atom stereocenters. The Morgan fingerprint density at radius 2 is 1.66 bits per heavy atom. The molecule has 194 valence electrons. The van der Waals surface area contributed by atoms with Crippen LogP contribution >= 0.6 is 0 Å². The van der Waals surface area contributed by atoms with Crippen molar-refractivity contribution in [1.82, 2.24) is 24.8 Å². The highest BCUT2D eigenvalue weighted by Gasteiger charge is 2.50. The van der Waals surface area contributed by atoms with Crippen molar-refractivity contribution in [2.75, 3.05) is 5.32 Å². The highest BCUT2D eigenvalue weighted by Crippen LogP contribution is 2.33. The predicted octanol–water partition coefficient (Wildman–Crippen LogP) is 0.640. The number of amides is 2. The van der Waals surface area contributed by atoms with E-state index in [9.17, 15) is 29.7 Å². The zero-order chi connectivity index (χ0) is 26.8. The lowest BCUT2D eigenvalue weighted by molar-refractivity contribution is -0.152. The number of benzene rings is 2. The number of carboxylic acid groups (broad SMARTS) is 1. The molecule has 3 heterocycles. The first-order chi connectivity index (χ1) is 18.3. The highest BCUT2D eigenvalue weighted by molar-refractivity contribution is 6.06. The highest BCUT2D eigenvalue weighted by atomic mass is 16.6. The van der Waals surface area contributed by atoms with Crippen LogP contribution in [-0.4, -0.2) is 70.9 Å². The van der Waals surface area contributed by atoms with E-state index in [0.717, 1.165) is 0 Å². The number of aliphatic hydroxyl groups is 2. The van der Waals surface area contributed by atoms with Gasteiger partial charge in [-0.1, -0.05) is 48.5 Å². The molecule has 2 aromatic heterocycles. The lowest BCUT2D eigenvalue weighted by Gasteiger charge is -2.22. The van der Waals surface area contributed by atoms with Crippen molar-refractivity contribution < 1.29 is 34.4 Å². The average Bonchev–Trinajstić information content (AvgIpc) is 3.51. The van der Waals surface area contributed by atoms with Crippen LogP contribution in [0.2, 0.25) is 0 Å². The van der Waals surface area contributed by atoms with Gasteiger partial charge in [-0.25, -0.2) is 19.7 Å². The maximum Gasteiger partial charge on any atom is 0.335 e. The molecule has 1 aliphatic rings. The van der Waals surface area contributed by atoms with Crippen molar-refractivity contribution >= 4 is 34.8 Å². The Bertz CT molecular complexity index is 1480. The molecule has 1 fully saturated rings. The second kappa shape index (κ2) is 10.3. The van der Waals surface area contributed by atoms with Crippen molar-refractivity contribution in [3.63, 3.8) is 0 Å². The number of hydrogen-bond acceptors (Lipinski definition) is 9. The number of aliphatic hydroxyl groups excluding tert-OH is 2. The van der Waals surface area contributed by atoms with Gasteiger partial charge in [-0.3, -0.25) is 14.2 Å². The van der Waals surface area contributed by atoms with Crippen LogP contribution in [0.1, 0.15) is 28.3 Å². The SMILES string of the molecule is O=C(Nc1ncnc2c1ncn2[C@@H]1O[C@H](C(=O)O)[C@@H](NC(=O)C(O)c2ccccc2)[C@H]1O)c1ccccc1. The maximum absolute atomic E-state index is 12.7. The number of carbonyl (C=O) groups is 3. The third-order valence-electron chi connectivity index (χ3n) is 6.09. The number of carboxylic acids is 1. The number of rotatable bonds is 7. The number of anilines is 1. The smallest absolute Gasteiger partial charge is 0.335 e. The van der Waals surface area contributed by atoms with Crippen molar-refractivity contribution in [2.24, 2.45) is 0 Å². The molecule has 5 rings (SSSR count). The summed E-state index contributed by atoms with van der Waals surface area (Å²) in [7, 11) is 0. The first-order valence-electron chi connectivity index (χ1n) is 11.5. The molecule has 13 nitrogen and oxygen atoms in total. The fraction of sp³-hybridized carbons (Fsp3) is 0.200. The van der Waals surface area contributed by atoms with Gasteiger partial charge in [0, 0.05) is 5.56 Å². The molecule has 0 saturated carbocycles. The Morgan fingerprint density at radius 1 is 0.974 bits per heavy atom. The minimum Gasteiger partial charge on any atom is -0.479 e. The number of nitrogens with one attached hydrogen (secondary N) is 2. The van der Waals surface area contributed by atoms with Crippen molar-refractivity contribution in [2.45, 2.75) is 30.6 Å². The van der Waals surface area contributed by atoms with E-state index in [2.05, 4.69) is 25.6 Å². The number of carbonyl (C=O) groups excluding carboxylic acids is 2. The molecular formula is C25H22N6O7. The van der Waals surface area contributed by atoms with E-state index >= 15 is 0 Å². The van der Waals surface area contributed by atoms with Crippen LogP contribution in [0.5, 0.6) is 0 Å². The van der Waals surface area contributed by atoms with Gasteiger partial charge < -0.3 is 30.7 Å². The van der Waals surface area contributed by atoms with Gasteiger partial charge in [-0.15, -0.1) is 0 Å². The summed E-state index contributed by atoms with van der Waals surface area (Å²) in [6, 6.07) is 15.1. The van der Waals surface area contributed by atoms with Crippen LogP contribution in [-0.2, 0) is 14.3 Å². The summed E-state index contributed by atoms with van der Waals surface area (Å²) >= 11 is 0. The molecule has 0 radical (unpaired) electrons. The number of imidazole rings is 1. The second-order valence-electron chi connectivity index (χ2n) is 8.49. The largest absolute Gasteiger partial charge is 0.479 e. The zero-order valence-corrected chi connectivity index (χ0v) is 19.6. The zero-order valence-electron chi connectivity index (χ0n) is 19.6. The first-order valence-corrected chi connectivity index (χ1v) is 11.5.